The first kappa shape index (κ1) is 23.0. The van der Waals surface area contributed by atoms with Gasteiger partial charge in [-0.2, -0.15) is 0 Å². The van der Waals surface area contributed by atoms with Gasteiger partial charge < -0.3 is 4.74 Å². The molecule has 0 N–H and O–H groups in total. The number of hydrogen-bond acceptors (Lipinski definition) is 1. The van der Waals surface area contributed by atoms with Crippen molar-refractivity contribution in [1.82, 2.24) is 0 Å². The molecule has 0 saturated heterocycles. The van der Waals surface area contributed by atoms with Crippen LogP contribution in [-0.4, -0.2) is 6.61 Å². The van der Waals surface area contributed by atoms with Gasteiger partial charge in [-0.3, -0.25) is 0 Å². The fourth-order valence-electron chi connectivity index (χ4n) is 5.55. The Morgan fingerprint density at radius 3 is 2.17 bits per heavy atom. The summed E-state index contributed by atoms with van der Waals surface area (Å²) in [4.78, 5) is 0. The fraction of sp³-hybridized carbons (Fsp3) is 0.655. The van der Waals surface area contributed by atoms with Gasteiger partial charge in [0.2, 0.25) is 0 Å². The summed E-state index contributed by atoms with van der Waals surface area (Å²) < 4.78 is 5.48. The quantitative estimate of drug-likeness (QED) is 0.312. The number of ether oxygens (including phenoxy) is 1. The van der Waals surface area contributed by atoms with Gasteiger partial charge in [0.15, 0.2) is 0 Å². The van der Waals surface area contributed by atoms with E-state index >= 15 is 0 Å². The Morgan fingerprint density at radius 1 is 0.867 bits per heavy atom. The van der Waals surface area contributed by atoms with Crippen molar-refractivity contribution in [1.29, 1.82) is 0 Å². The molecule has 0 heterocycles. The monoisotopic (exact) mass is 406 g/mol. The summed E-state index contributed by atoms with van der Waals surface area (Å²) in [5, 5.41) is 0. The summed E-state index contributed by atoms with van der Waals surface area (Å²) in [6, 6.07) is 8.07. The van der Waals surface area contributed by atoms with Crippen LogP contribution in [0.2, 0.25) is 0 Å². The van der Waals surface area contributed by atoms with E-state index in [2.05, 4.69) is 30.9 Å². The summed E-state index contributed by atoms with van der Waals surface area (Å²) in [5.41, 5.74) is 1.05. The maximum absolute atomic E-state index is 5.48. The van der Waals surface area contributed by atoms with Crippen LogP contribution in [0.1, 0.15) is 96.5 Å². The van der Waals surface area contributed by atoms with Gasteiger partial charge >= 0.3 is 0 Å². The minimum Gasteiger partial charge on any atom is -0.494 e. The molecular weight excluding hydrogens is 364 g/mol. The van der Waals surface area contributed by atoms with Crippen LogP contribution in [0.25, 0.3) is 0 Å². The molecule has 0 unspecified atom stereocenters. The van der Waals surface area contributed by atoms with E-state index < -0.39 is 0 Å². The summed E-state index contributed by atoms with van der Waals surface area (Å²) >= 11 is 0. The third-order valence-corrected chi connectivity index (χ3v) is 7.42. The smallest absolute Gasteiger partial charge is 0.119 e. The third-order valence-electron chi connectivity index (χ3n) is 7.42. The summed E-state index contributed by atoms with van der Waals surface area (Å²) in [5.74, 6) is 11.2. The van der Waals surface area contributed by atoms with Crippen LogP contribution >= 0.6 is 0 Å². The van der Waals surface area contributed by atoms with E-state index in [1.54, 1.807) is 0 Å². The molecule has 0 atom stereocenters. The first-order chi connectivity index (χ1) is 14.8. The first-order valence-electron chi connectivity index (χ1n) is 12.7. The molecule has 0 radical (unpaired) electrons. The lowest BCUT2D eigenvalue weighted by Crippen LogP contribution is -2.25. The third kappa shape index (κ3) is 7.54. The van der Waals surface area contributed by atoms with Gasteiger partial charge in [0.1, 0.15) is 5.75 Å². The maximum Gasteiger partial charge on any atom is 0.119 e. The molecule has 1 aromatic carbocycles. The Labute approximate surface area is 185 Å². The highest BCUT2D eigenvalue weighted by Gasteiger charge is 2.30. The molecule has 2 aliphatic rings. The van der Waals surface area contributed by atoms with Crippen molar-refractivity contribution in [2.45, 2.75) is 90.9 Å². The van der Waals surface area contributed by atoms with Crippen LogP contribution in [0.15, 0.2) is 36.4 Å². The molecule has 0 amide bonds. The number of rotatable bonds is 8. The Hall–Kier alpha value is -1.68. The second kappa shape index (κ2) is 12.9. The Kier molecular flexibility index (Phi) is 9.88. The standard InChI is InChI=1S/C29H42O/c1-3-5-6-9-24-12-18-27(19-13-24)28-20-14-25(15-21-28)10-7-8-11-26-16-22-29(23-17-26)30-4-2/h7,10,16-17,22-25,27-28H,3-6,9,12-15,18-21H2,1-2H3/t24-,25-,27-,28-. The van der Waals surface area contributed by atoms with Gasteiger partial charge in [0.25, 0.3) is 0 Å². The zero-order valence-electron chi connectivity index (χ0n) is 19.4. The molecule has 0 bridgehead atoms. The molecule has 0 aromatic heterocycles. The topological polar surface area (TPSA) is 9.23 Å². The Bertz CT molecular complexity index is 673. The lowest BCUT2D eigenvalue weighted by atomic mass is 9.68. The minimum atomic E-state index is 0.705. The molecule has 164 valence electrons. The van der Waals surface area contributed by atoms with Gasteiger partial charge in [-0.25, -0.2) is 0 Å². The number of benzene rings is 1. The van der Waals surface area contributed by atoms with Crippen LogP contribution in [0.4, 0.5) is 0 Å². The molecule has 30 heavy (non-hydrogen) atoms. The minimum absolute atomic E-state index is 0.705. The molecule has 1 aromatic rings. The van der Waals surface area contributed by atoms with E-state index in [4.69, 9.17) is 4.74 Å². The highest BCUT2D eigenvalue weighted by molar-refractivity contribution is 5.40. The summed E-state index contributed by atoms with van der Waals surface area (Å²) in [6.45, 7) is 5.03. The second-order valence-electron chi connectivity index (χ2n) is 9.54. The predicted octanol–water partition coefficient (Wildman–Crippen LogP) is 8.19. The SMILES string of the molecule is CCCCC[C@H]1CC[C@H]([C@H]2CC[C@H](C=CC#Cc3ccc(OCC)cc3)CC2)CC1. The van der Waals surface area contributed by atoms with Crippen LogP contribution in [0, 0.1) is 35.5 Å². The van der Waals surface area contributed by atoms with E-state index in [0.717, 1.165) is 35.0 Å². The van der Waals surface area contributed by atoms with Crippen molar-refractivity contribution < 1.29 is 4.74 Å². The molecule has 2 saturated carbocycles. The Morgan fingerprint density at radius 2 is 1.53 bits per heavy atom. The average molecular weight is 407 g/mol. The highest BCUT2D eigenvalue weighted by Crippen LogP contribution is 2.42. The summed E-state index contributed by atoms with van der Waals surface area (Å²) in [6.07, 6.45) is 21.8. The zero-order valence-corrected chi connectivity index (χ0v) is 19.4. The van der Waals surface area contributed by atoms with Crippen LogP contribution in [-0.2, 0) is 0 Å². The van der Waals surface area contributed by atoms with Crippen molar-refractivity contribution in [2.24, 2.45) is 23.7 Å². The predicted molar refractivity (Wildman–Crippen MR) is 129 cm³/mol. The lowest BCUT2D eigenvalue weighted by Gasteiger charge is -2.37. The van der Waals surface area contributed by atoms with Crippen LogP contribution in [0.3, 0.4) is 0 Å². The fourth-order valence-corrected chi connectivity index (χ4v) is 5.55. The molecule has 3 rings (SSSR count). The lowest BCUT2D eigenvalue weighted by molar-refractivity contribution is 0.151. The van der Waals surface area contributed by atoms with Crippen LogP contribution < -0.4 is 4.74 Å². The van der Waals surface area contributed by atoms with Gasteiger partial charge in [-0.05, 0) is 99.5 Å². The summed E-state index contributed by atoms with van der Waals surface area (Å²) in [7, 11) is 0. The van der Waals surface area contributed by atoms with Crippen molar-refractivity contribution >= 4 is 0 Å². The number of hydrogen-bond donors (Lipinski definition) is 0. The molecule has 2 aliphatic carbocycles. The molecule has 1 heteroatoms. The maximum atomic E-state index is 5.48. The Balaban J connectivity index is 1.35. The van der Waals surface area contributed by atoms with E-state index in [0.29, 0.717) is 6.61 Å². The first-order valence-corrected chi connectivity index (χ1v) is 12.7. The zero-order chi connectivity index (χ0) is 21.0. The van der Waals surface area contributed by atoms with Crippen LogP contribution in [0.5, 0.6) is 5.75 Å². The highest BCUT2D eigenvalue weighted by atomic mass is 16.5. The average Bonchev–Trinajstić information content (AvgIpc) is 2.79. The number of unbranched alkanes of at least 4 members (excludes halogenated alkanes) is 2. The van der Waals surface area contributed by atoms with Crippen molar-refractivity contribution in [3.05, 3.63) is 42.0 Å². The van der Waals surface area contributed by atoms with Gasteiger partial charge in [0, 0.05) is 5.56 Å². The van der Waals surface area contributed by atoms with E-state index in [-0.39, 0.29) is 0 Å². The molecule has 0 aliphatic heterocycles. The van der Waals surface area contributed by atoms with Gasteiger partial charge in [-0.1, -0.05) is 63.4 Å². The van der Waals surface area contributed by atoms with E-state index in [1.165, 1.54) is 77.0 Å². The van der Waals surface area contributed by atoms with Crippen molar-refractivity contribution in [3.8, 4) is 17.6 Å². The van der Waals surface area contributed by atoms with Gasteiger partial charge in [0.05, 0.1) is 6.61 Å². The van der Waals surface area contributed by atoms with Gasteiger partial charge in [-0.15, -0.1) is 0 Å². The van der Waals surface area contributed by atoms with E-state index in [9.17, 15) is 0 Å². The molecule has 1 nitrogen and oxygen atoms in total. The van der Waals surface area contributed by atoms with Crippen molar-refractivity contribution in [2.75, 3.05) is 6.61 Å². The molecule has 0 spiro atoms. The molecule has 2 fully saturated rings. The van der Waals surface area contributed by atoms with E-state index in [1.807, 2.05) is 31.2 Å². The number of allylic oxidation sites excluding steroid dienone is 2. The molecular formula is C29H42O. The normalized spacial score (nSPS) is 26.9. The van der Waals surface area contributed by atoms with Crippen molar-refractivity contribution in [3.63, 3.8) is 0 Å². The second-order valence-corrected chi connectivity index (χ2v) is 9.54. The largest absolute Gasteiger partial charge is 0.494 e.